The molecule has 2 aromatic rings. The first-order valence-corrected chi connectivity index (χ1v) is 7.60. The number of imide groups is 1. The highest BCUT2D eigenvalue weighted by Gasteiger charge is 2.38. The van der Waals surface area contributed by atoms with Gasteiger partial charge in [0.1, 0.15) is 6.54 Å². The molecule has 2 saturated heterocycles. The molecule has 4 heterocycles. The number of carbonyl (C=O) groups is 3. The summed E-state index contributed by atoms with van der Waals surface area (Å²) in [5, 5.41) is 3.85. The van der Waals surface area contributed by atoms with Crippen molar-refractivity contribution in [1.29, 1.82) is 0 Å². The smallest absolute Gasteiger partial charge is 0.242 e. The third kappa shape index (κ3) is 2.47. The van der Waals surface area contributed by atoms with Gasteiger partial charge in [-0.2, -0.15) is 4.98 Å². The number of furan rings is 1. The summed E-state index contributed by atoms with van der Waals surface area (Å²) in [7, 11) is 0. The van der Waals surface area contributed by atoms with Crippen molar-refractivity contribution in [2.75, 3.05) is 19.6 Å². The SMILES string of the molecule is O=C(CN1C(=O)CCC1=O)N1CC(c2nc(-c3ccco3)no2)C1. The van der Waals surface area contributed by atoms with Gasteiger partial charge in [-0.05, 0) is 12.1 Å². The van der Waals surface area contributed by atoms with Crippen molar-refractivity contribution in [2.45, 2.75) is 18.8 Å². The van der Waals surface area contributed by atoms with Crippen molar-refractivity contribution in [2.24, 2.45) is 0 Å². The third-order valence-electron chi connectivity index (χ3n) is 4.22. The van der Waals surface area contributed by atoms with Gasteiger partial charge in [0.2, 0.25) is 29.4 Å². The Morgan fingerprint density at radius 1 is 1.25 bits per heavy atom. The molecule has 2 aliphatic rings. The van der Waals surface area contributed by atoms with Crippen molar-refractivity contribution in [3.05, 3.63) is 24.3 Å². The van der Waals surface area contributed by atoms with E-state index < -0.39 is 0 Å². The molecule has 4 rings (SSSR count). The first-order valence-electron chi connectivity index (χ1n) is 7.60. The predicted molar refractivity (Wildman–Crippen MR) is 77.3 cm³/mol. The highest BCUT2D eigenvalue weighted by atomic mass is 16.5. The molecule has 0 aliphatic carbocycles. The molecule has 0 unspecified atom stereocenters. The number of amides is 3. The Labute approximate surface area is 136 Å². The van der Waals surface area contributed by atoms with Crippen LogP contribution in [0.5, 0.6) is 0 Å². The minimum absolute atomic E-state index is 0.0462. The van der Waals surface area contributed by atoms with Gasteiger partial charge in [0.15, 0.2) is 5.76 Å². The summed E-state index contributed by atoms with van der Waals surface area (Å²) in [6.45, 7) is 0.662. The van der Waals surface area contributed by atoms with E-state index in [4.69, 9.17) is 8.94 Å². The van der Waals surface area contributed by atoms with Gasteiger partial charge in [0.25, 0.3) is 0 Å². The summed E-state index contributed by atoms with van der Waals surface area (Å²) in [5.74, 6) is 0.460. The van der Waals surface area contributed by atoms with E-state index in [1.807, 2.05) is 0 Å². The van der Waals surface area contributed by atoms with Gasteiger partial charge in [-0.1, -0.05) is 5.16 Å². The van der Waals surface area contributed by atoms with Crippen molar-refractivity contribution >= 4 is 17.7 Å². The molecule has 24 heavy (non-hydrogen) atoms. The van der Waals surface area contributed by atoms with Crippen LogP contribution in [-0.2, 0) is 14.4 Å². The van der Waals surface area contributed by atoms with Gasteiger partial charge in [-0.15, -0.1) is 0 Å². The molecule has 2 aromatic heterocycles. The molecule has 0 N–H and O–H groups in total. The highest BCUT2D eigenvalue weighted by Crippen LogP contribution is 2.28. The normalized spacial score (nSPS) is 18.3. The number of rotatable bonds is 4. The zero-order valence-corrected chi connectivity index (χ0v) is 12.7. The van der Waals surface area contributed by atoms with Crippen molar-refractivity contribution in [3.8, 4) is 11.6 Å². The van der Waals surface area contributed by atoms with E-state index >= 15 is 0 Å². The van der Waals surface area contributed by atoms with E-state index in [1.165, 1.54) is 6.26 Å². The maximum Gasteiger partial charge on any atom is 0.242 e. The number of carbonyl (C=O) groups excluding carboxylic acids is 3. The summed E-state index contributed by atoms with van der Waals surface area (Å²) >= 11 is 0. The van der Waals surface area contributed by atoms with Crippen LogP contribution in [0, 0.1) is 0 Å². The summed E-state index contributed by atoms with van der Waals surface area (Å²) in [6.07, 6.45) is 1.90. The van der Waals surface area contributed by atoms with Gasteiger partial charge in [-0.25, -0.2) is 0 Å². The summed E-state index contributed by atoms with van der Waals surface area (Å²) in [6, 6.07) is 3.46. The van der Waals surface area contributed by atoms with Crippen LogP contribution in [0.3, 0.4) is 0 Å². The van der Waals surface area contributed by atoms with Crippen LogP contribution in [0.2, 0.25) is 0 Å². The molecule has 0 radical (unpaired) electrons. The lowest BCUT2D eigenvalue weighted by Gasteiger charge is -2.37. The molecule has 0 atom stereocenters. The fourth-order valence-electron chi connectivity index (χ4n) is 2.78. The first kappa shape index (κ1) is 14.6. The van der Waals surface area contributed by atoms with Crippen molar-refractivity contribution in [3.63, 3.8) is 0 Å². The second kappa shape index (κ2) is 5.59. The van der Waals surface area contributed by atoms with E-state index in [-0.39, 0.29) is 43.0 Å². The maximum atomic E-state index is 12.1. The molecule has 0 spiro atoms. The topological polar surface area (TPSA) is 110 Å². The fraction of sp³-hybridized carbons (Fsp3) is 0.400. The van der Waals surface area contributed by atoms with Gasteiger partial charge in [0, 0.05) is 25.9 Å². The summed E-state index contributed by atoms with van der Waals surface area (Å²) in [5.41, 5.74) is 0. The molecule has 2 aliphatic heterocycles. The Bertz CT molecular complexity index is 775. The lowest BCUT2D eigenvalue weighted by molar-refractivity contribution is -0.147. The molecule has 0 bridgehead atoms. The minimum atomic E-state index is -0.287. The average molecular weight is 330 g/mol. The van der Waals surface area contributed by atoms with Crippen LogP contribution < -0.4 is 0 Å². The van der Waals surface area contributed by atoms with Gasteiger partial charge < -0.3 is 13.8 Å². The molecule has 3 amide bonds. The van der Waals surface area contributed by atoms with E-state index in [9.17, 15) is 14.4 Å². The second-order valence-electron chi connectivity index (χ2n) is 5.80. The number of nitrogens with zero attached hydrogens (tertiary/aromatic N) is 4. The standard InChI is InChI=1S/C15H14N4O5/c20-11-3-4-12(21)19(11)8-13(22)18-6-9(7-18)15-16-14(17-24-15)10-2-1-5-23-10/h1-2,5,9H,3-4,6-8H2. The minimum Gasteiger partial charge on any atom is -0.461 e. The number of hydrogen-bond donors (Lipinski definition) is 0. The Balaban J connectivity index is 1.34. The monoisotopic (exact) mass is 330 g/mol. The Hall–Kier alpha value is -2.97. The molecule has 9 heteroatoms. The van der Waals surface area contributed by atoms with Gasteiger partial charge in [-0.3, -0.25) is 19.3 Å². The zero-order chi connectivity index (χ0) is 16.7. The Morgan fingerprint density at radius 3 is 2.67 bits per heavy atom. The lowest BCUT2D eigenvalue weighted by atomic mass is 10.00. The molecule has 2 fully saturated rings. The number of hydrogen-bond acceptors (Lipinski definition) is 7. The predicted octanol–water partition coefficient (Wildman–Crippen LogP) is 0.404. The molecule has 9 nitrogen and oxygen atoms in total. The molecular weight excluding hydrogens is 316 g/mol. The van der Waals surface area contributed by atoms with Crippen molar-refractivity contribution < 1.29 is 23.3 Å². The fourth-order valence-corrected chi connectivity index (χ4v) is 2.78. The zero-order valence-electron chi connectivity index (χ0n) is 12.7. The van der Waals surface area contributed by atoms with Crippen LogP contribution >= 0.6 is 0 Å². The Morgan fingerprint density at radius 2 is 2.00 bits per heavy atom. The first-order chi connectivity index (χ1) is 11.6. The van der Waals surface area contributed by atoms with E-state index in [0.29, 0.717) is 30.6 Å². The van der Waals surface area contributed by atoms with Crippen LogP contribution in [0.1, 0.15) is 24.7 Å². The van der Waals surface area contributed by atoms with Crippen LogP contribution in [0.25, 0.3) is 11.6 Å². The van der Waals surface area contributed by atoms with Crippen LogP contribution in [0.4, 0.5) is 0 Å². The lowest BCUT2D eigenvalue weighted by Crippen LogP contribution is -2.52. The van der Waals surface area contributed by atoms with Crippen LogP contribution in [0.15, 0.2) is 27.3 Å². The molecule has 0 aromatic carbocycles. The largest absolute Gasteiger partial charge is 0.461 e. The molecule has 0 saturated carbocycles. The van der Waals surface area contributed by atoms with Crippen molar-refractivity contribution in [1.82, 2.24) is 19.9 Å². The third-order valence-corrected chi connectivity index (χ3v) is 4.22. The maximum absolute atomic E-state index is 12.1. The van der Waals surface area contributed by atoms with Gasteiger partial charge >= 0.3 is 0 Å². The highest BCUT2D eigenvalue weighted by molar-refractivity contribution is 6.04. The molecular formula is C15H14N4O5. The number of aromatic nitrogens is 2. The molecule has 124 valence electrons. The summed E-state index contributed by atoms with van der Waals surface area (Å²) < 4.78 is 10.4. The average Bonchev–Trinajstić information content (AvgIpc) is 3.23. The van der Waals surface area contributed by atoms with E-state index in [2.05, 4.69) is 10.1 Å². The van der Waals surface area contributed by atoms with E-state index in [1.54, 1.807) is 17.0 Å². The van der Waals surface area contributed by atoms with Crippen LogP contribution in [-0.4, -0.2) is 57.3 Å². The van der Waals surface area contributed by atoms with E-state index in [0.717, 1.165) is 4.90 Å². The second-order valence-corrected chi connectivity index (χ2v) is 5.80. The quantitative estimate of drug-likeness (QED) is 0.746. The van der Waals surface area contributed by atoms with Gasteiger partial charge in [0.05, 0.1) is 12.2 Å². The Kier molecular flexibility index (Phi) is 3.40. The number of likely N-dealkylation sites (tertiary alicyclic amines) is 2. The summed E-state index contributed by atoms with van der Waals surface area (Å²) in [4.78, 5) is 42.1.